The second-order valence-electron chi connectivity index (χ2n) is 8.33. The third-order valence-electron chi connectivity index (χ3n) is 5.95. The summed E-state index contributed by atoms with van der Waals surface area (Å²) in [5, 5.41) is 3.58. The number of hydrogen-bond acceptors (Lipinski definition) is 4. The van der Waals surface area contributed by atoms with Crippen LogP contribution in [0.15, 0.2) is 72.8 Å². The van der Waals surface area contributed by atoms with Gasteiger partial charge in [0, 0.05) is 29.2 Å². The summed E-state index contributed by atoms with van der Waals surface area (Å²) in [7, 11) is 0. The summed E-state index contributed by atoms with van der Waals surface area (Å²) >= 11 is 5.96. The average molecular weight is 477 g/mol. The number of benzene rings is 3. The Morgan fingerprint density at radius 2 is 1.79 bits per heavy atom. The maximum Gasteiger partial charge on any atom is 0.338 e. The van der Waals surface area contributed by atoms with Gasteiger partial charge in [0.15, 0.2) is 0 Å². The van der Waals surface area contributed by atoms with E-state index in [0.29, 0.717) is 28.3 Å². The lowest BCUT2D eigenvalue weighted by atomic mass is 9.82. The van der Waals surface area contributed by atoms with Crippen molar-refractivity contribution in [3.05, 3.63) is 100 Å². The minimum Gasteiger partial charge on any atom is -0.462 e. The summed E-state index contributed by atoms with van der Waals surface area (Å²) in [4.78, 5) is 41.1. The monoisotopic (exact) mass is 476 g/mol. The fourth-order valence-corrected chi connectivity index (χ4v) is 4.35. The number of halogens is 1. The molecule has 7 heteroatoms. The molecule has 0 spiro atoms. The van der Waals surface area contributed by atoms with Crippen LogP contribution >= 0.6 is 11.6 Å². The zero-order valence-corrected chi connectivity index (χ0v) is 19.8. The van der Waals surface area contributed by atoms with Crippen LogP contribution in [0.25, 0.3) is 0 Å². The molecule has 1 aliphatic rings. The highest BCUT2D eigenvalue weighted by Crippen LogP contribution is 2.36. The number of anilines is 1. The number of carbonyl (C=O) groups is 3. The van der Waals surface area contributed by atoms with Crippen LogP contribution in [-0.4, -0.2) is 29.9 Å². The van der Waals surface area contributed by atoms with Gasteiger partial charge in [0.2, 0.25) is 5.91 Å². The van der Waals surface area contributed by atoms with E-state index >= 15 is 0 Å². The van der Waals surface area contributed by atoms with Crippen molar-refractivity contribution in [2.45, 2.75) is 32.4 Å². The average Bonchev–Trinajstić information content (AvgIpc) is 2.84. The van der Waals surface area contributed by atoms with Gasteiger partial charge in [0.25, 0.3) is 5.91 Å². The fourth-order valence-electron chi connectivity index (χ4n) is 4.22. The number of ether oxygens (including phenoxy) is 1. The van der Waals surface area contributed by atoms with Gasteiger partial charge in [-0.25, -0.2) is 4.79 Å². The quantitative estimate of drug-likeness (QED) is 0.519. The minimum absolute atomic E-state index is 0.240. The first-order valence-corrected chi connectivity index (χ1v) is 11.4. The van der Waals surface area contributed by atoms with Crippen LogP contribution < -0.4 is 10.2 Å². The third kappa shape index (κ3) is 4.54. The first-order valence-electron chi connectivity index (χ1n) is 11.1. The van der Waals surface area contributed by atoms with E-state index in [0.717, 1.165) is 11.1 Å². The van der Waals surface area contributed by atoms with Gasteiger partial charge < -0.3 is 10.1 Å². The number of fused-ring (bicyclic) bond motifs is 1. The Morgan fingerprint density at radius 1 is 1.06 bits per heavy atom. The Hall–Kier alpha value is -3.64. The van der Waals surface area contributed by atoms with E-state index in [1.165, 1.54) is 4.90 Å². The van der Waals surface area contributed by atoms with Crippen molar-refractivity contribution in [2.24, 2.45) is 0 Å². The van der Waals surface area contributed by atoms with Crippen LogP contribution in [0.3, 0.4) is 0 Å². The van der Waals surface area contributed by atoms with Crippen molar-refractivity contribution in [1.29, 1.82) is 0 Å². The SMILES string of the molecule is CCOC(=O)c1cccc(N2C(=O)c3ccccc3C[C@@]2(C)C(=O)NCc2ccc(Cl)cc2)c1. The highest BCUT2D eigenvalue weighted by molar-refractivity contribution is 6.30. The third-order valence-corrected chi connectivity index (χ3v) is 6.20. The van der Waals surface area contributed by atoms with Crippen LogP contribution in [0.2, 0.25) is 5.02 Å². The summed E-state index contributed by atoms with van der Waals surface area (Å²) in [6, 6.07) is 21.1. The number of rotatable bonds is 6. The topological polar surface area (TPSA) is 75.7 Å². The maximum absolute atomic E-state index is 13.7. The van der Waals surface area contributed by atoms with Gasteiger partial charge in [0.05, 0.1) is 12.2 Å². The number of hydrogen-bond donors (Lipinski definition) is 1. The molecule has 0 bridgehead atoms. The zero-order valence-electron chi connectivity index (χ0n) is 19.0. The molecule has 1 aliphatic heterocycles. The molecular weight excluding hydrogens is 452 g/mol. The van der Waals surface area contributed by atoms with Gasteiger partial charge in [-0.3, -0.25) is 14.5 Å². The molecule has 0 saturated carbocycles. The number of nitrogens with zero attached hydrogens (tertiary/aromatic N) is 1. The maximum atomic E-state index is 13.7. The molecule has 0 aromatic heterocycles. The van der Waals surface area contributed by atoms with Crippen molar-refractivity contribution >= 4 is 35.1 Å². The van der Waals surface area contributed by atoms with Crippen LogP contribution in [0.1, 0.15) is 45.7 Å². The predicted molar refractivity (Wildman–Crippen MR) is 131 cm³/mol. The lowest BCUT2D eigenvalue weighted by molar-refractivity contribution is -0.126. The molecule has 4 rings (SSSR count). The van der Waals surface area contributed by atoms with E-state index < -0.39 is 11.5 Å². The molecule has 3 aromatic carbocycles. The first-order chi connectivity index (χ1) is 16.3. The van der Waals surface area contributed by atoms with Crippen molar-refractivity contribution < 1.29 is 19.1 Å². The van der Waals surface area contributed by atoms with E-state index in [9.17, 15) is 14.4 Å². The summed E-state index contributed by atoms with van der Waals surface area (Å²) in [6.07, 6.45) is 0.324. The van der Waals surface area contributed by atoms with Crippen LogP contribution in [-0.2, 0) is 22.5 Å². The Kier molecular flexibility index (Phi) is 6.70. The number of esters is 1. The molecule has 0 fully saturated rings. The molecule has 3 aromatic rings. The van der Waals surface area contributed by atoms with Gasteiger partial charge in [-0.1, -0.05) is 48.0 Å². The lowest BCUT2D eigenvalue weighted by Gasteiger charge is -2.44. The van der Waals surface area contributed by atoms with Crippen molar-refractivity contribution in [3.8, 4) is 0 Å². The molecule has 6 nitrogen and oxygen atoms in total. The summed E-state index contributed by atoms with van der Waals surface area (Å²) < 4.78 is 5.12. The fraction of sp³-hybridized carbons (Fsp3) is 0.222. The van der Waals surface area contributed by atoms with Gasteiger partial charge in [-0.05, 0) is 61.4 Å². The lowest BCUT2D eigenvalue weighted by Crippen LogP contribution is -2.63. The van der Waals surface area contributed by atoms with Crippen molar-refractivity contribution in [1.82, 2.24) is 5.32 Å². The largest absolute Gasteiger partial charge is 0.462 e. The predicted octanol–water partition coefficient (Wildman–Crippen LogP) is 4.79. The van der Waals surface area contributed by atoms with Gasteiger partial charge in [-0.2, -0.15) is 0 Å². The van der Waals surface area contributed by atoms with Crippen molar-refractivity contribution in [2.75, 3.05) is 11.5 Å². The number of amides is 2. The van der Waals surface area contributed by atoms with Gasteiger partial charge in [-0.15, -0.1) is 0 Å². The van der Waals surface area contributed by atoms with Crippen molar-refractivity contribution in [3.63, 3.8) is 0 Å². The van der Waals surface area contributed by atoms with Gasteiger partial charge in [0.1, 0.15) is 5.54 Å². The minimum atomic E-state index is -1.22. The van der Waals surface area contributed by atoms with Crippen LogP contribution in [0.4, 0.5) is 5.69 Å². The Balaban J connectivity index is 1.71. The Labute approximate surface area is 203 Å². The molecule has 1 heterocycles. The van der Waals surface area contributed by atoms with E-state index in [4.69, 9.17) is 16.3 Å². The van der Waals surface area contributed by atoms with E-state index in [1.807, 2.05) is 24.3 Å². The number of nitrogens with one attached hydrogen (secondary N) is 1. The molecule has 0 aliphatic carbocycles. The highest BCUT2D eigenvalue weighted by Gasteiger charge is 2.47. The number of carbonyl (C=O) groups excluding carboxylic acids is 3. The second kappa shape index (κ2) is 9.69. The normalized spacial score (nSPS) is 17.1. The summed E-state index contributed by atoms with van der Waals surface area (Å²) in [5.41, 5.74) is 1.77. The molecule has 1 N–H and O–H groups in total. The molecule has 1 atom stereocenters. The molecule has 0 unspecified atom stereocenters. The molecule has 0 saturated heterocycles. The van der Waals surface area contributed by atoms with Crippen LogP contribution in [0, 0.1) is 0 Å². The van der Waals surface area contributed by atoms with Gasteiger partial charge >= 0.3 is 5.97 Å². The highest BCUT2D eigenvalue weighted by atomic mass is 35.5. The van der Waals surface area contributed by atoms with E-state index in [1.54, 1.807) is 62.4 Å². The molecular formula is C27H25ClN2O4. The smallest absolute Gasteiger partial charge is 0.338 e. The van der Waals surface area contributed by atoms with E-state index in [-0.39, 0.29) is 25.0 Å². The second-order valence-corrected chi connectivity index (χ2v) is 8.76. The first kappa shape index (κ1) is 23.5. The Bertz CT molecular complexity index is 1240. The van der Waals surface area contributed by atoms with E-state index in [2.05, 4.69) is 5.32 Å². The molecule has 34 heavy (non-hydrogen) atoms. The molecule has 0 radical (unpaired) electrons. The zero-order chi connectivity index (χ0) is 24.3. The Morgan fingerprint density at radius 3 is 2.53 bits per heavy atom. The van der Waals surface area contributed by atoms with Crippen LogP contribution in [0.5, 0.6) is 0 Å². The molecule has 2 amide bonds. The summed E-state index contributed by atoms with van der Waals surface area (Å²) in [5.74, 6) is -1.08. The molecule has 174 valence electrons. The standard InChI is InChI=1S/C27H25ClN2O4/c1-3-34-25(32)19-8-6-9-22(15-19)30-24(31)23-10-5-4-7-20(23)16-27(30,2)26(33)29-17-18-11-13-21(28)14-12-18/h4-15H,3,16-17H2,1-2H3,(H,29,33)/t27-/m0/s1. The summed E-state index contributed by atoms with van der Waals surface area (Å²) in [6.45, 7) is 4.01.